The van der Waals surface area contributed by atoms with Gasteiger partial charge in [0.25, 0.3) is 0 Å². The third kappa shape index (κ3) is 25.0. The third-order valence-electron chi connectivity index (χ3n) is 10.7. The maximum atomic E-state index is 12.8. The summed E-state index contributed by atoms with van der Waals surface area (Å²) in [5.74, 6) is -0.157. The SMILES string of the molecule is CCCCCCCCCCCCCCCCCCCCCCCCCC(=O)NC(COC1CCCCC(O)C(O)C1O)C(O)CC(O)CC. The van der Waals surface area contributed by atoms with E-state index in [1.54, 1.807) is 0 Å². The first-order valence-electron chi connectivity index (χ1n) is 21.1. The molecule has 8 nitrogen and oxygen atoms in total. The van der Waals surface area contributed by atoms with Gasteiger partial charge < -0.3 is 35.6 Å². The van der Waals surface area contributed by atoms with Crippen molar-refractivity contribution in [3.05, 3.63) is 0 Å². The molecule has 0 saturated heterocycles. The van der Waals surface area contributed by atoms with Gasteiger partial charge in [-0.2, -0.15) is 0 Å². The van der Waals surface area contributed by atoms with Crippen molar-refractivity contribution in [3.63, 3.8) is 0 Å². The van der Waals surface area contributed by atoms with Gasteiger partial charge in [0.15, 0.2) is 0 Å². The average Bonchev–Trinajstić information content (AvgIpc) is 3.09. The molecule has 0 aromatic rings. The first kappa shape index (κ1) is 46.3. The number of carbonyl (C=O) groups excluding carboxylic acids is 1. The fraction of sp³-hybridized carbons (Fsp3) is 0.976. The number of aliphatic hydroxyl groups is 5. The number of nitrogens with one attached hydrogen (secondary N) is 1. The standard InChI is InChI=1S/C41H81NO7/c1-3-5-6-7-8-9-10-11-12-13-14-15-16-17-18-19-20-21-22-23-24-25-26-31-39(46)42-35(37(45)32-34(43)4-2)33-49-38-30-28-27-29-36(44)40(47)41(38)48/h34-38,40-41,43-45,47-48H,3-33H2,1-2H3,(H,42,46). The molecular formula is C41H81NO7. The lowest BCUT2D eigenvalue weighted by Gasteiger charge is -2.34. The van der Waals surface area contributed by atoms with E-state index in [-0.39, 0.29) is 18.9 Å². The summed E-state index contributed by atoms with van der Waals surface area (Å²) in [5, 5.41) is 54.7. The second-order valence-corrected chi connectivity index (χ2v) is 15.3. The zero-order chi connectivity index (χ0) is 36.0. The lowest BCUT2D eigenvalue weighted by atomic mass is 9.92. The van der Waals surface area contributed by atoms with E-state index in [2.05, 4.69) is 12.2 Å². The molecule has 0 aliphatic heterocycles. The van der Waals surface area contributed by atoms with Crippen molar-refractivity contribution in [2.75, 3.05) is 6.61 Å². The molecule has 0 aromatic heterocycles. The highest BCUT2D eigenvalue weighted by atomic mass is 16.5. The van der Waals surface area contributed by atoms with Crippen LogP contribution in [0.5, 0.6) is 0 Å². The second kappa shape index (κ2) is 31.9. The van der Waals surface area contributed by atoms with Crippen molar-refractivity contribution < 1.29 is 35.1 Å². The van der Waals surface area contributed by atoms with Gasteiger partial charge in [-0.1, -0.05) is 168 Å². The molecule has 7 atom stereocenters. The molecule has 1 aliphatic carbocycles. The molecule has 0 bridgehead atoms. The van der Waals surface area contributed by atoms with Crippen LogP contribution in [-0.2, 0) is 9.53 Å². The van der Waals surface area contributed by atoms with E-state index < -0.39 is 42.7 Å². The number of unbranched alkanes of at least 4 members (excludes halogenated alkanes) is 22. The number of carbonyl (C=O) groups is 1. The Kier molecular flexibility index (Phi) is 30.1. The van der Waals surface area contributed by atoms with Gasteiger partial charge in [0.05, 0.1) is 37.1 Å². The Morgan fingerprint density at radius 3 is 1.51 bits per heavy atom. The van der Waals surface area contributed by atoms with Gasteiger partial charge in [0.1, 0.15) is 12.2 Å². The predicted octanol–water partition coefficient (Wildman–Crippen LogP) is 8.42. The summed E-state index contributed by atoms with van der Waals surface area (Å²) in [6.45, 7) is 4.07. The molecule has 292 valence electrons. The summed E-state index contributed by atoms with van der Waals surface area (Å²) in [5.41, 5.74) is 0. The summed E-state index contributed by atoms with van der Waals surface area (Å²) < 4.78 is 5.93. The minimum Gasteiger partial charge on any atom is -0.393 e. The Morgan fingerprint density at radius 1 is 0.633 bits per heavy atom. The van der Waals surface area contributed by atoms with E-state index in [1.165, 1.54) is 128 Å². The number of hydrogen-bond acceptors (Lipinski definition) is 7. The van der Waals surface area contributed by atoms with E-state index in [0.717, 1.165) is 32.1 Å². The molecule has 0 aromatic carbocycles. The fourth-order valence-corrected chi connectivity index (χ4v) is 7.11. The van der Waals surface area contributed by atoms with Gasteiger partial charge in [-0.15, -0.1) is 0 Å². The van der Waals surface area contributed by atoms with Gasteiger partial charge in [-0.25, -0.2) is 0 Å². The number of ether oxygens (including phenoxy) is 1. The molecule has 49 heavy (non-hydrogen) atoms. The third-order valence-corrected chi connectivity index (χ3v) is 10.7. The molecule has 1 amide bonds. The minimum absolute atomic E-state index is 0.0483. The van der Waals surface area contributed by atoms with Gasteiger partial charge in [-0.3, -0.25) is 4.79 Å². The van der Waals surface area contributed by atoms with Gasteiger partial charge in [0, 0.05) is 12.8 Å². The van der Waals surface area contributed by atoms with Crippen molar-refractivity contribution in [2.24, 2.45) is 0 Å². The molecule has 1 rings (SSSR count). The first-order chi connectivity index (χ1) is 23.8. The van der Waals surface area contributed by atoms with E-state index >= 15 is 0 Å². The zero-order valence-electron chi connectivity index (χ0n) is 32.0. The molecule has 0 heterocycles. The van der Waals surface area contributed by atoms with E-state index in [4.69, 9.17) is 4.74 Å². The van der Waals surface area contributed by atoms with Crippen molar-refractivity contribution in [1.82, 2.24) is 5.32 Å². The second-order valence-electron chi connectivity index (χ2n) is 15.3. The summed E-state index contributed by atoms with van der Waals surface area (Å²) in [7, 11) is 0. The molecule has 0 spiro atoms. The van der Waals surface area contributed by atoms with Crippen molar-refractivity contribution >= 4 is 5.91 Å². The molecule has 6 N–H and O–H groups in total. The van der Waals surface area contributed by atoms with E-state index in [1.807, 2.05) is 6.92 Å². The van der Waals surface area contributed by atoms with Crippen molar-refractivity contribution in [2.45, 2.75) is 249 Å². The molecule has 1 aliphatic rings. The maximum absolute atomic E-state index is 12.8. The van der Waals surface area contributed by atoms with Crippen LogP contribution in [0.2, 0.25) is 0 Å². The Hall–Kier alpha value is -0.770. The lowest BCUT2D eigenvalue weighted by Crippen LogP contribution is -2.51. The zero-order valence-corrected chi connectivity index (χ0v) is 32.0. The predicted molar refractivity (Wildman–Crippen MR) is 202 cm³/mol. The Labute approximate surface area is 301 Å². The molecule has 0 radical (unpaired) electrons. The topological polar surface area (TPSA) is 139 Å². The van der Waals surface area contributed by atoms with E-state index in [9.17, 15) is 30.3 Å². The number of hydrogen-bond donors (Lipinski definition) is 6. The highest BCUT2D eigenvalue weighted by molar-refractivity contribution is 5.76. The van der Waals surface area contributed by atoms with E-state index in [0.29, 0.717) is 25.7 Å². The Balaban J connectivity index is 2.09. The van der Waals surface area contributed by atoms with Crippen LogP contribution in [0.3, 0.4) is 0 Å². The summed E-state index contributed by atoms with van der Waals surface area (Å²) in [4.78, 5) is 12.8. The van der Waals surface area contributed by atoms with Crippen LogP contribution in [0, 0.1) is 0 Å². The average molecular weight is 700 g/mol. The van der Waals surface area contributed by atoms with Gasteiger partial charge >= 0.3 is 0 Å². The number of amides is 1. The molecular weight excluding hydrogens is 618 g/mol. The Morgan fingerprint density at radius 2 is 1.06 bits per heavy atom. The highest BCUT2D eigenvalue weighted by Gasteiger charge is 2.34. The normalized spacial score (nSPS) is 21.9. The summed E-state index contributed by atoms with van der Waals surface area (Å²) in [6, 6.07) is -0.738. The largest absolute Gasteiger partial charge is 0.393 e. The first-order valence-corrected chi connectivity index (χ1v) is 21.1. The molecule has 1 fully saturated rings. The maximum Gasteiger partial charge on any atom is 0.220 e. The highest BCUT2D eigenvalue weighted by Crippen LogP contribution is 2.22. The van der Waals surface area contributed by atoms with Gasteiger partial charge in [0.2, 0.25) is 5.91 Å². The van der Waals surface area contributed by atoms with Crippen LogP contribution in [0.1, 0.15) is 206 Å². The summed E-state index contributed by atoms with van der Waals surface area (Å²) >= 11 is 0. The van der Waals surface area contributed by atoms with Crippen LogP contribution < -0.4 is 5.32 Å². The van der Waals surface area contributed by atoms with Crippen LogP contribution in [0.25, 0.3) is 0 Å². The number of rotatable bonds is 32. The molecule has 8 heteroatoms. The summed E-state index contributed by atoms with van der Waals surface area (Å²) in [6.07, 6.45) is 28.0. The van der Waals surface area contributed by atoms with Crippen LogP contribution in [-0.4, -0.2) is 80.7 Å². The van der Waals surface area contributed by atoms with Crippen LogP contribution >= 0.6 is 0 Å². The van der Waals surface area contributed by atoms with Crippen molar-refractivity contribution in [3.8, 4) is 0 Å². The molecule has 1 saturated carbocycles. The van der Waals surface area contributed by atoms with Crippen LogP contribution in [0.15, 0.2) is 0 Å². The minimum atomic E-state index is -1.30. The lowest BCUT2D eigenvalue weighted by molar-refractivity contribution is -0.141. The Bertz CT molecular complexity index is 741. The van der Waals surface area contributed by atoms with Crippen LogP contribution in [0.4, 0.5) is 0 Å². The molecule has 7 unspecified atom stereocenters. The van der Waals surface area contributed by atoms with Gasteiger partial charge in [-0.05, 0) is 25.7 Å². The quantitative estimate of drug-likeness (QED) is 0.0388. The fourth-order valence-electron chi connectivity index (χ4n) is 7.11. The van der Waals surface area contributed by atoms with Crippen molar-refractivity contribution in [1.29, 1.82) is 0 Å². The smallest absolute Gasteiger partial charge is 0.220 e. The number of aliphatic hydroxyl groups excluding tert-OH is 5. The monoisotopic (exact) mass is 700 g/mol.